The van der Waals surface area contributed by atoms with Gasteiger partial charge >= 0.3 is 5.97 Å². The molecule has 0 bridgehead atoms. The number of carbonyl (C=O) groups excluding carboxylic acids is 1. The third-order valence-electron chi connectivity index (χ3n) is 4.20. The lowest BCUT2D eigenvalue weighted by Crippen LogP contribution is -2.57. The molecule has 1 aromatic rings. The first-order chi connectivity index (χ1) is 12.6. The van der Waals surface area contributed by atoms with Gasteiger partial charge in [0, 0.05) is 26.1 Å². The van der Waals surface area contributed by atoms with Crippen molar-refractivity contribution in [3.8, 4) is 0 Å². The van der Waals surface area contributed by atoms with Crippen LogP contribution in [-0.2, 0) is 30.4 Å². The third kappa shape index (κ3) is 5.66. The molecule has 1 aliphatic heterocycles. The second kappa shape index (κ2) is 10.1. The highest BCUT2D eigenvalue weighted by Crippen LogP contribution is 2.27. The van der Waals surface area contributed by atoms with Crippen molar-refractivity contribution in [1.29, 1.82) is 0 Å². The molecule has 1 saturated heterocycles. The quantitative estimate of drug-likeness (QED) is 0.484. The van der Waals surface area contributed by atoms with Crippen LogP contribution in [-0.4, -0.2) is 55.1 Å². The van der Waals surface area contributed by atoms with Crippen LogP contribution in [0.1, 0.15) is 18.4 Å². The Morgan fingerprint density at radius 3 is 2.62 bits per heavy atom. The number of carboxylic acid groups (broad SMARTS) is 1. The predicted octanol–water partition coefficient (Wildman–Crippen LogP) is 1.52. The molecular weight excluding hydrogens is 338 g/mol. The molecule has 0 spiro atoms. The highest BCUT2D eigenvalue weighted by molar-refractivity contribution is 5.89. The van der Waals surface area contributed by atoms with Crippen LogP contribution in [0.15, 0.2) is 43.0 Å². The minimum Gasteiger partial charge on any atom is -0.480 e. The summed E-state index contributed by atoms with van der Waals surface area (Å²) in [5.74, 6) is -1.61. The second-order valence-corrected chi connectivity index (χ2v) is 6.07. The lowest BCUT2D eigenvalue weighted by Gasteiger charge is -2.36. The Kier molecular flexibility index (Phi) is 7.77. The van der Waals surface area contributed by atoms with Gasteiger partial charge in [0.2, 0.25) is 0 Å². The van der Waals surface area contributed by atoms with Gasteiger partial charge in [-0.2, -0.15) is 0 Å². The van der Waals surface area contributed by atoms with Gasteiger partial charge in [0.15, 0.2) is 11.6 Å². The first-order valence-electron chi connectivity index (χ1n) is 8.55. The van der Waals surface area contributed by atoms with Crippen molar-refractivity contribution in [2.75, 3.05) is 26.4 Å². The molecule has 0 saturated carbocycles. The van der Waals surface area contributed by atoms with Gasteiger partial charge in [0.25, 0.3) is 5.91 Å². The maximum Gasteiger partial charge on any atom is 0.328 e. The highest BCUT2D eigenvalue weighted by atomic mass is 16.5. The zero-order valence-corrected chi connectivity index (χ0v) is 14.7. The summed E-state index contributed by atoms with van der Waals surface area (Å²) in [5, 5.41) is 11.9. The number of aliphatic carboxylic acids is 1. The van der Waals surface area contributed by atoms with Gasteiger partial charge in [-0.3, -0.25) is 4.79 Å². The van der Waals surface area contributed by atoms with E-state index in [0.717, 1.165) is 5.56 Å². The number of rotatable bonds is 10. The molecule has 2 N–H and O–H groups in total. The molecule has 0 radical (unpaired) electrons. The summed E-state index contributed by atoms with van der Waals surface area (Å²) < 4.78 is 16.5. The summed E-state index contributed by atoms with van der Waals surface area (Å²) in [6, 6.07) is 8.37. The normalized spacial score (nSPS) is 17.2. The van der Waals surface area contributed by atoms with Crippen molar-refractivity contribution in [3.63, 3.8) is 0 Å². The molecule has 7 heteroatoms. The van der Waals surface area contributed by atoms with E-state index < -0.39 is 23.5 Å². The van der Waals surface area contributed by atoms with Gasteiger partial charge in [-0.15, -0.1) is 6.58 Å². The maximum atomic E-state index is 12.9. The summed E-state index contributed by atoms with van der Waals surface area (Å²) in [5.41, 5.74) is -0.171. The van der Waals surface area contributed by atoms with Crippen LogP contribution in [0.25, 0.3) is 0 Å². The zero-order chi connectivity index (χ0) is 18.8. The predicted molar refractivity (Wildman–Crippen MR) is 94.6 cm³/mol. The average Bonchev–Trinajstić information content (AvgIpc) is 2.67. The summed E-state index contributed by atoms with van der Waals surface area (Å²) in [4.78, 5) is 24.3. The Morgan fingerprint density at radius 2 is 2.00 bits per heavy atom. The van der Waals surface area contributed by atoms with Crippen LogP contribution < -0.4 is 5.32 Å². The lowest BCUT2D eigenvalue weighted by molar-refractivity contribution is -0.166. The van der Waals surface area contributed by atoms with Crippen LogP contribution in [0.2, 0.25) is 0 Å². The van der Waals surface area contributed by atoms with E-state index in [-0.39, 0.29) is 19.8 Å². The molecule has 1 unspecified atom stereocenters. The van der Waals surface area contributed by atoms with Crippen LogP contribution >= 0.6 is 0 Å². The van der Waals surface area contributed by atoms with Crippen molar-refractivity contribution in [3.05, 3.63) is 48.6 Å². The molecule has 2 rings (SSSR count). The standard InChI is InChI=1S/C19H25NO6/c1-2-10-25-14-16(17(21)22)20-18(23)19(8-11-24-12-9-19)26-13-15-6-4-3-5-7-15/h2-7,16H,1,8-14H2,(H,20,23)(H,21,22). The van der Waals surface area contributed by atoms with Crippen molar-refractivity contribution >= 4 is 11.9 Å². The Labute approximate surface area is 152 Å². The van der Waals surface area contributed by atoms with E-state index in [1.807, 2.05) is 30.3 Å². The summed E-state index contributed by atoms with van der Waals surface area (Å²) in [6.07, 6.45) is 2.25. The molecule has 0 aliphatic carbocycles. The van der Waals surface area contributed by atoms with Gasteiger partial charge in [0.05, 0.1) is 19.8 Å². The molecule has 1 atom stereocenters. The second-order valence-electron chi connectivity index (χ2n) is 6.07. The monoisotopic (exact) mass is 363 g/mol. The SMILES string of the molecule is C=CCOCC(NC(=O)C1(OCc2ccccc2)CCOCC1)C(=O)O. The third-order valence-corrected chi connectivity index (χ3v) is 4.20. The molecule has 1 amide bonds. The average molecular weight is 363 g/mol. The van der Waals surface area contributed by atoms with Crippen molar-refractivity contribution in [2.24, 2.45) is 0 Å². The molecule has 1 aromatic carbocycles. The van der Waals surface area contributed by atoms with Crippen LogP contribution in [0.4, 0.5) is 0 Å². The minimum atomic E-state index is -1.16. The number of carboxylic acids is 1. The highest BCUT2D eigenvalue weighted by Gasteiger charge is 2.42. The van der Waals surface area contributed by atoms with E-state index in [4.69, 9.17) is 14.2 Å². The number of nitrogens with one attached hydrogen (secondary N) is 1. The van der Waals surface area contributed by atoms with E-state index in [1.165, 1.54) is 6.08 Å². The number of ether oxygens (including phenoxy) is 3. The van der Waals surface area contributed by atoms with Gasteiger partial charge < -0.3 is 24.6 Å². The number of hydrogen-bond acceptors (Lipinski definition) is 5. The van der Waals surface area contributed by atoms with Crippen molar-refractivity contribution < 1.29 is 28.9 Å². The first kappa shape index (κ1) is 20.1. The first-order valence-corrected chi connectivity index (χ1v) is 8.55. The summed E-state index contributed by atoms with van der Waals surface area (Å²) in [6.45, 7) is 4.60. The molecule has 7 nitrogen and oxygen atoms in total. The van der Waals surface area contributed by atoms with E-state index >= 15 is 0 Å². The Morgan fingerprint density at radius 1 is 1.31 bits per heavy atom. The Balaban J connectivity index is 2.04. The molecule has 1 heterocycles. The van der Waals surface area contributed by atoms with Gasteiger partial charge in [-0.25, -0.2) is 4.79 Å². The number of carbonyl (C=O) groups is 2. The van der Waals surface area contributed by atoms with Crippen molar-refractivity contribution in [2.45, 2.75) is 31.1 Å². The number of benzene rings is 1. The van der Waals surface area contributed by atoms with E-state index in [9.17, 15) is 14.7 Å². The largest absolute Gasteiger partial charge is 0.480 e. The zero-order valence-electron chi connectivity index (χ0n) is 14.7. The fourth-order valence-electron chi connectivity index (χ4n) is 2.67. The summed E-state index contributed by atoms with van der Waals surface area (Å²) in [7, 11) is 0. The van der Waals surface area contributed by atoms with E-state index in [2.05, 4.69) is 11.9 Å². The fraction of sp³-hybridized carbons (Fsp3) is 0.474. The topological polar surface area (TPSA) is 94.1 Å². The van der Waals surface area contributed by atoms with Crippen LogP contribution in [0.5, 0.6) is 0 Å². The van der Waals surface area contributed by atoms with Gasteiger partial charge in [-0.1, -0.05) is 36.4 Å². The molecule has 1 fully saturated rings. The molecular formula is C19H25NO6. The van der Waals surface area contributed by atoms with Gasteiger partial charge in [-0.05, 0) is 5.56 Å². The molecule has 1 aliphatic rings. The Bertz CT molecular complexity index is 597. The summed E-state index contributed by atoms with van der Waals surface area (Å²) >= 11 is 0. The lowest BCUT2D eigenvalue weighted by atomic mass is 9.92. The molecule has 142 valence electrons. The molecule has 26 heavy (non-hydrogen) atoms. The molecule has 0 aromatic heterocycles. The van der Waals surface area contributed by atoms with Crippen LogP contribution in [0.3, 0.4) is 0 Å². The number of hydrogen-bond donors (Lipinski definition) is 2. The van der Waals surface area contributed by atoms with Crippen LogP contribution in [0, 0.1) is 0 Å². The number of amides is 1. The maximum absolute atomic E-state index is 12.9. The Hall–Kier alpha value is -2.22. The fourth-order valence-corrected chi connectivity index (χ4v) is 2.67. The van der Waals surface area contributed by atoms with Crippen molar-refractivity contribution in [1.82, 2.24) is 5.32 Å². The van der Waals surface area contributed by atoms with Gasteiger partial charge in [0.1, 0.15) is 0 Å². The smallest absolute Gasteiger partial charge is 0.328 e. The van der Waals surface area contributed by atoms with E-state index in [0.29, 0.717) is 26.1 Å². The van der Waals surface area contributed by atoms with E-state index in [1.54, 1.807) is 0 Å². The minimum absolute atomic E-state index is 0.141.